The third kappa shape index (κ3) is 2.50. The standard InChI is InChI=1S/C9H6F4OS/c1-15-7-3-5(4-14)2-6(8(7)10)9(11,12)13/h2-4H,1H3. The first-order valence-corrected chi connectivity index (χ1v) is 5.02. The molecule has 0 atom stereocenters. The molecule has 0 aliphatic heterocycles. The number of halogens is 4. The van der Waals surface area contributed by atoms with Crippen molar-refractivity contribution in [1.29, 1.82) is 0 Å². The molecule has 0 N–H and O–H groups in total. The highest BCUT2D eigenvalue weighted by molar-refractivity contribution is 7.98. The highest BCUT2D eigenvalue weighted by Crippen LogP contribution is 2.35. The number of hydrogen-bond donors (Lipinski definition) is 0. The second-order valence-electron chi connectivity index (χ2n) is 2.70. The first kappa shape index (κ1) is 12.0. The van der Waals surface area contributed by atoms with Gasteiger partial charge in [-0.05, 0) is 18.4 Å². The van der Waals surface area contributed by atoms with Crippen molar-refractivity contribution in [3.8, 4) is 0 Å². The summed E-state index contributed by atoms with van der Waals surface area (Å²) in [5.41, 5.74) is -1.59. The van der Waals surface area contributed by atoms with Gasteiger partial charge in [0.2, 0.25) is 0 Å². The van der Waals surface area contributed by atoms with E-state index in [-0.39, 0.29) is 16.7 Å². The van der Waals surface area contributed by atoms with E-state index in [1.165, 1.54) is 6.26 Å². The molecule has 0 amide bonds. The SMILES string of the molecule is CSc1cc(C=O)cc(C(F)(F)F)c1F. The smallest absolute Gasteiger partial charge is 0.298 e. The Morgan fingerprint density at radius 3 is 2.33 bits per heavy atom. The van der Waals surface area contributed by atoms with Gasteiger partial charge in [0.1, 0.15) is 12.1 Å². The van der Waals surface area contributed by atoms with Crippen LogP contribution < -0.4 is 0 Å². The molecular weight excluding hydrogens is 232 g/mol. The van der Waals surface area contributed by atoms with Crippen molar-refractivity contribution in [2.24, 2.45) is 0 Å². The van der Waals surface area contributed by atoms with Gasteiger partial charge in [-0.1, -0.05) is 0 Å². The van der Waals surface area contributed by atoms with E-state index in [1.54, 1.807) is 0 Å². The zero-order chi connectivity index (χ0) is 11.6. The van der Waals surface area contributed by atoms with Gasteiger partial charge in [-0.25, -0.2) is 4.39 Å². The monoisotopic (exact) mass is 238 g/mol. The first-order chi connectivity index (χ1) is 6.90. The molecule has 0 aliphatic rings. The molecule has 0 bridgehead atoms. The highest BCUT2D eigenvalue weighted by atomic mass is 32.2. The van der Waals surface area contributed by atoms with E-state index in [2.05, 4.69) is 0 Å². The van der Waals surface area contributed by atoms with E-state index < -0.39 is 17.6 Å². The molecular formula is C9H6F4OS. The second-order valence-corrected chi connectivity index (χ2v) is 3.55. The van der Waals surface area contributed by atoms with Gasteiger partial charge in [-0.15, -0.1) is 11.8 Å². The van der Waals surface area contributed by atoms with Crippen LogP contribution in [0.25, 0.3) is 0 Å². The zero-order valence-corrected chi connectivity index (χ0v) is 8.38. The molecule has 0 spiro atoms. The lowest BCUT2D eigenvalue weighted by Crippen LogP contribution is -2.09. The Kier molecular flexibility index (Phi) is 3.38. The van der Waals surface area contributed by atoms with Crippen LogP contribution in [0.15, 0.2) is 17.0 Å². The third-order valence-corrected chi connectivity index (χ3v) is 2.46. The van der Waals surface area contributed by atoms with Crippen molar-refractivity contribution in [1.82, 2.24) is 0 Å². The van der Waals surface area contributed by atoms with Gasteiger partial charge in [0.15, 0.2) is 0 Å². The summed E-state index contributed by atoms with van der Waals surface area (Å²) >= 11 is 0.821. The van der Waals surface area contributed by atoms with E-state index in [0.717, 1.165) is 17.8 Å². The van der Waals surface area contributed by atoms with Crippen LogP contribution in [-0.2, 0) is 6.18 Å². The number of thioether (sulfide) groups is 1. The zero-order valence-electron chi connectivity index (χ0n) is 7.56. The van der Waals surface area contributed by atoms with Gasteiger partial charge >= 0.3 is 6.18 Å². The molecule has 0 saturated carbocycles. The molecule has 0 radical (unpaired) electrons. The second kappa shape index (κ2) is 4.22. The van der Waals surface area contributed by atoms with Crippen molar-refractivity contribution in [2.75, 3.05) is 6.26 Å². The quantitative estimate of drug-likeness (QED) is 0.446. The van der Waals surface area contributed by atoms with Gasteiger partial charge in [0.25, 0.3) is 0 Å². The summed E-state index contributed by atoms with van der Waals surface area (Å²) in [6.07, 6.45) is -3.09. The van der Waals surface area contributed by atoms with Crippen LogP contribution in [0.4, 0.5) is 17.6 Å². The fraction of sp³-hybridized carbons (Fsp3) is 0.222. The van der Waals surface area contributed by atoms with Crippen LogP contribution in [0.2, 0.25) is 0 Å². The summed E-state index contributed by atoms with van der Waals surface area (Å²) in [5.74, 6) is -1.33. The Bertz CT molecular complexity index is 386. The van der Waals surface area contributed by atoms with E-state index in [1.807, 2.05) is 0 Å². The van der Waals surface area contributed by atoms with Crippen molar-refractivity contribution in [3.05, 3.63) is 29.1 Å². The average Bonchev–Trinajstić information content (AvgIpc) is 2.16. The number of carbonyl (C=O) groups excluding carboxylic acids is 1. The lowest BCUT2D eigenvalue weighted by atomic mass is 10.1. The molecule has 0 fully saturated rings. The van der Waals surface area contributed by atoms with Crippen molar-refractivity contribution < 1.29 is 22.4 Å². The van der Waals surface area contributed by atoms with Crippen LogP contribution >= 0.6 is 11.8 Å². The van der Waals surface area contributed by atoms with E-state index in [9.17, 15) is 22.4 Å². The lowest BCUT2D eigenvalue weighted by molar-refractivity contribution is -0.140. The van der Waals surface area contributed by atoms with Crippen molar-refractivity contribution in [2.45, 2.75) is 11.1 Å². The van der Waals surface area contributed by atoms with Gasteiger partial charge in [-0.2, -0.15) is 13.2 Å². The molecule has 15 heavy (non-hydrogen) atoms. The number of rotatable bonds is 2. The molecule has 0 saturated heterocycles. The Labute approximate surface area is 87.5 Å². The van der Waals surface area contributed by atoms with Gasteiger partial charge in [0.05, 0.1) is 5.56 Å². The average molecular weight is 238 g/mol. The normalized spacial score (nSPS) is 11.5. The minimum atomic E-state index is -4.78. The number of aldehydes is 1. The molecule has 0 aliphatic carbocycles. The maximum absolute atomic E-state index is 13.2. The molecule has 1 aromatic rings. The minimum Gasteiger partial charge on any atom is -0.298 e. The van der Waals surface area contributed by atoms with Crippen LogP contribution in [-0.4, -0.2) is 12.5 Å². The molecule has 1 nitrogen and oxygen atoms in total. The van der Waals surface area contributed by atoms with Crippen molar-refractivity contribution in [3.63, 3.8) is 0 Å². The molecule has 1 rings (SSSR count). The predicted molar refractivity (Wildman–Crippen MR) is 48.6 cm³/mol. The third-order valence-electron chi connectivity index (χ3n) is 1.72. The largest absolute Gasteiger partial charge is 0.419 e. The summed E-state index contributed by atoms with van der Waals surface area (Å²) in [6.45, 7) is 0. The molecule has 6 heteroatoms. The minimum absolute atomic E-state index is 0.187. The maximum Gasteiger partial charge on any atom is 0.419 e. The van der Waals surface area contributed by atoms with E-state index in [0.29, 0.717) is 6.07 Å². The molecule has 0 unspecified atom stereocenters. The Morgan fingerprint density at radius 1 is 1.33 bits per heavy atom. The predicted octanol–water partition coefficient (Wildman–Crippen LogP) is 3.38. The number of carbonyl (C=O) groups is 1. The molecule has 1 aromatic carbocycles. The van der Waals surface area contributed by atoms with E-state index >= 15 is 0 Å². The van der Waals surface area contributed by atoms with Gasteiger partial charge in [0, 0.05) is 10.5 Å². The fourth-order valence-electron chi connectivity index (χ4n) is 1.04. The summed E-state index contributed by atoms with van der Waals surface area (Å²) in [4.78, 5) is 10.2. The van der Waals surface area contributed by atoms with E-state index in [4.69, 9.17) is 0 Å². The van der Waals surface area contributed by atoms with Crippen LogP contribution in [0.5, 0.6) is 0 Å². The van der Waals surface area contributed by atoms with Gasteiger partial charge < -0.3 is 0 Å². The van der Waals surface area contributed by atoms with Crippen molar-refractivity contribution >= 4 is 18.0 Å². The first-order valence-electron chi connectivity index (χ1n) is 3.80. The summed E-state index contributed by atoms with van der Waals surface area (Å²) in [5, 5.41) is 0. The van der Waals surface area contributed by atoms with Crippen LogP contribution in [0.1, 0.15) is 15.9 Å². The number of alkyl halides is 3. The Balaban J connectivity index is 3.44. The van der Waals surface area contributed by atoms with Crippen LogP contribution in [0, 0.1) is 5.82 Å². The summed E-state index contributed by atoms with van der Waals surface area (Å²) in [7, 11) is 0. The fourth-order valence-corrected chi connectivity index (χ4v) is 1.59. The number of benzene rings is 1. The highest BCUT2D eigenvalue weighted by Gasteiger charge is 2.35. The summed E-state index contributed by atoms with van der Waals surface area (Å²) in [6, 6.07) is 1.59. The number of hydrogen-bond acceptors (Lipinski definition) is 2. The Hall–Kier alpha value is -1.04. The molecule has 82 valence electrons. The van der Waals surface area contributed by atoms with Gasteiger partial charge in [-0.3, -0.25) is 4.79 Å². The Morgan fingerprint density at radius 2 is 1.93 bits per heavy atom. The topological polar surface area (TPSA) is 17.1 Å². The van der Waals surface area contributed by atoms with Crippen LogP contribution in [0.3, 0.4) is 0 Å². The molecule has 0 aromatic heterocycles. The lowest BCUT2D eigenvalue weighted by Gasteiger charge is -2.10. The molecule has 0 heterocycles. The summed E-state index contributed by atoms with van der Waals surface area (Å²) < 4.78 is 50.2. The maximum atomic E-state index is 13.2.